The van der Waals surface area contributed by atoms with E-state index in [0.29, 0.717) is 5.69 Å². The zero-order chi connectivity index (χ0) is 13.3. The zero-order valence-corrected chi connectivity index (χ0v) is 9.70. The molecule has 0 aromatic heterocycles. The molecule has 1 aromatic carbocycles. The van der Waals surface area contributed by atoms with Crippen molar-refractivity contribution in [2.75, 3.05) is 18.5 Å². The topological polar surface area (TPSA) is 84.6 Å². The van der Waals surface area contributed by atoms with Crippen molar-refractivity contribution in [1.82, 2.24) is 4.90 Å². The molecule has 92 valence electrons. The van der Waals surface area contributed by atoms with Crippen molar-refractivity contribution < 1.29 is 14.7 Å². The van der Waals surface area contributed by atoms with Gasteiger partial charge in [0.2, 0.25) is 0 Å². The Kier molecular flexibility index (Phi) is 2.90. The average molecular weight is 245 g/mol. The summed E-state index contributed by atoms with van der Waals surface area (Å²) in [6, 6.07) is 7.06. The van der Waals surface area contributed by atoms with Crippen LogP contribution < -0.4 is 4.90 Å². The zero-order valence-electron chi connectivity index (χ0n) is 9.70. The SMILES string of the molecule is CN1CC(C(=O)O)N(c2ccccc2C#N)C1=O. The van der Waals surface area contributed by atoms with Gasteiger partial charge in [-0.3, -0.25) is 4.90 Å². The summed E-state index contributed by atoms with van der Waals surface area (Å²) < 4.78 is 0. The Morgan fingerprint density at radius 1 is 1.50 bits per heavy atom. The number of nitriles is 1. The first-order chi connectivity index (χ1) is 8.56. The summed E-state index contributed by atoms with van der Waals surface area (Å²) in [6.45, 7) is 0.105. The van der Waals surface area contributed by atoms with Crippen LogP contribution in [-0.4, -0.2) is 41.6 Å². The Morgan fingerprint density at radius 3 is 2.78 bits per heavy atom. The number of urea groups is 1. The van der Waals surface area contributed by atoms with Crippen LogP contribution in [0.4, 0.5) is 10.5 Å². The molecule has 1 fully saturated rings. The van der Waals surface area contributed by atoms with E-state index in [1.54, 1.807) is 24.3 Å². The van der Waals surface area contributed by atoms with Crippen LogP contribution in [0.3, 0.4) is 0 Å². The highest BCUT2D eigenvalue weighted by Gasteiger charge is 2.41. The van der Waals surface area contributed by atoms with E-state index in [2.05, 4.69) is 0 Å². The van der Waals surface area contributed by atoms with Gasteiger partial charge in [0, 0.05) is 7.05 Å². The predicted molar refractivity (Wildman–Crippen MR) is 63.1 cm³/mol. The molecule has 1 aliphatic rings. The first kappa shape index (κ1) is 11.9. The molecule has 1 N–H and O–H groups in total. The molecule has 0 bridgehead atoms. The fourth-order valence-corrected chi connectivity index (χ4v) is 1.97. The summed E-state index contributed by atoms with van der Waals surface area (Å²) in [5.41, 5.74) is 0.620. The summed E-state index contributed by atoms with van der Waals surface area (Å²) in [5, 5.41) is 18.1. The van der Waals surface area contributed by atoms with Crippen molar-refractivity contribution in [2.45, 2.75) is 6.04 Å². The molecule has 0 radical (unpaired) electrons. The number of aliphatic carboxylic acids is 1. The number of carboxylic acids is 1. The number of nitrogens with zero attached hydrogens (tertiary/aromatic N) is 3. The second-order valence-corrected chi connectivity index (χ2v) is 4.02. The lowest BCUT2D eigenvalue weighted by Crippen LogP contribution is -2.40. The highest BCUT2D eigenvalue weighted by Crippen LogP contribution is 2.27. The molecule has 2 amide bonds. The van der Waals surface area contributed by atoms with Crippen LogP contribution in [0.15, 0.2) is 24.3 Å². The molecule has 2 rings (SSSR count). The molecule has 1 aliphatic heterocycles. The largest absolute Gasteiger partial charge is 0.480 e. The Balaban J connectivity index is 2.50. The number of hydrogen-bond acceptors (Lipinski definition) is 3. The average Bonchev–Trinajstić information content (AvgIpc) is 2.66. The smallest absolute Gasteiger partial charge is 0.328 e. The van der Waals surface area contributed by atoms with Crippen LogP contribution in [0.1, 0.15) is 5.56 Å². The lowest BCUT2D eigenvalue weighted by Gasteiger charge is -2.21. The molecule has 1 saturated heterocycles. The normalized spacial score (nSPS) is 18.9. The summed E-state index contributed by atoms with van der Waals surface area (Å²) in [6.07, 6.45) is 0. The van der Waals surface area contributed by atoms with Gasteiger partial charge in [0.1, 0.15) is 6.07 Å². The highest BCUT2D eigenvalue weighted by molar-refractivity contribution is 6.02. The number of carboxylic acid groups (broad SMARTS) is 1. The first-order valence-corrected chi connectivity index (χ1v) is 5.32. The second kappa shape index (κ2) is 4.37. The molecule has 1 aromatic rings. The number of carbonyl (C=O) groups is 2. The van der Waals surface area contributed by atoms with E-state index in [1.807, 2.05) is 6.07 Å². The van der Waals surface area contributed by atoms with Crippen molar-refractivity contribution in [1.29, 1.82) is 5.26 Å². The maximum Gasteiger partial charge on any atom is 0.328 e. The Morgan fingerprint density at radius 2 is 2.17 bits per heavy atom. The van der Waals surface area contributed by atoms with Gasteiger partial charge in [-0.05, 0) is 12.1 Å². The van der Waals surface area contributed by atoms with Crippen molar-refractivity contribution in [3.05, 3.63) is 29.8 Å². The van der Waals surface area contributed by atoms with Gasteiger partial charge in [0.05, 0.1) is 17.8 Å². The molecular weight excluding hydrogens is 234 g/mol. The molecule has 1 atom stereocenters. The molecule has 0 saturated carbocycles. The fraction of sp³-hybridized carbons (Fsp3) is 0.250. The van der Waals surface area contributed by atoms with Crippen LogP contribution in [0.2, 0.25) is 0 Å². The van der Waals surface area contributed by atoms with Gasteiger partial charge in [-0.15, -0.1) is 0 Å². The van der Waals surface area contributed by atoms with E-state index < -0.39 is 18.0 Å². The number of carbonyl (C=O) groups excluding carboxylic acids is 1. The van der Waals surface area contributed by atoms with E-state index >= 15 is 0 Å². The number of benzene rings is 1. The maximum absolute atomic E-state index is 12.0. The van der Waals surface area contributed by atoms with E-state index in [9.17, 15) is 9.59 Å². The third-order valence-corrected chi connectivity index (χ3v) is 2.86. The predicted octanol–water partition coefficient (Wildman–Crippen LogP) is 0.883. The summed E-state index contributed by atoms with van der Waals surface area (Å²) >= 11 is 0. The lowest BCUT2D eigenvalue weighted by atomic mass is 10.1. The number of rotatable bonds is 2. The van der Waals surface area contributed by atoms with E-state index in [0.717, 1.165) is 4.90 Å². The third kappa shape index (κ3) is 1.76. The quantitative estimate of drug-likeness (QED) is 0.838. The Bertz CT molecular complexity index is 550. The van der Waals surface area contributed by atoms with Gasteiger partial charge in [-0.25, -0.2) is 9.59 Å². The van der Waals surface area contributed by atoms with Crippen LogP contribution >= 0.6 is 0 Å². The number of para-hydroxylation sites is 1. The van der Waals surface area contributed by atoms with Gasteiger partial charge < -0.3 is 10.0 Å². The maximum atomic E-state index is 12.0. The monoisotopic (exact) mass is 245 g/mol. The minimum absolute atomic E-state index is 0.105. The molecule has 0 spiro atoms. The second-order valence-electron chi connectivity index (χ2n) is 4.02. The number of amides is 2. The van der Waals surface area contributed by atoms with Gasteiger partial charge in [0.15, 0.2) is 6.04 Å². The van der Waals surface area contributed by atoms with E-state index in [4.69, 9.17) is 10.4 Å². The summed E-state index contributed by atoms with van der Waals surface area (Å²) in [4.78, 5) is 25.6. The lowest BCUT2D eigenvalue weighted by molar-refractivity contribution is -0.138. The summed E-state index contributed by atoms with van der Waals surface area (Å²) in [7, 11) is 1.53. The minimum atomic E-state index is -1.08. The van der Waals surface area contributed by atoms with Crippen LogP contribution in [-0.2, 0) is 4.79 Å². The van der Waals surface area contributed by atoms with Crippen LogP contribution in [0.5, 0.6) is 0 Å². The first-order valence-electron chi connectivity index (χ1n) is 5.32. The highest BCUT2D eigenvalue weighted by atomic mass is 16.4. The van der Waals surface area contributed by atoms with Gasteiger partial charge in [0.25, 0.3) is 0 Å². The van der Waals surface area contributed by atoms with Crippen LogP contribution in [0, 0.1) is 11.3 Å². The number of likely N-dealkylation sites (N-methyl/N-ethyl adjacent to an activating group) is 1. The molecular formula is C12H11N3O3. The fourth-order valence-electron chi connectivity index (χ4n) is 1.97. The van der Waals surface area contributed by atoms with Crippen molar-refractivity contribution >= 4 is 17.7 Å². The van der Waals surface area contributed by atoms with Crippen molar-refractivity contribution in [3.63, 3.8) is 0 Å². The number of anilines is 1. The third-order valence-electron chi connectivity index (χ3n) is 2.86. The molecule has 1 unspecified atom stereocenters. The molecule has 6 heteroatoms. The van der Waals surface area contributed by atoms with Gasteiger partial charge >= 0.3 is 12.0 Å². The van der Waals surface area contributed by atoms with Crippen LogP contribution in [0.25, 0.3) is 0 Å². The standard InChI is InChI=1S/C12H11N3O3/c1-14-7-10(11(16)17)15(12(14)18)9-5-3-2-4-8(9)6-13/h2-5,10H,7H2,1H3,(H,16,17). The summed E-state index contributed by atoms with van der Waals surface area (Å²) in [5.74, 6) is -1.08. The Labute approximate surface area is 104 Å². The van der Waals surface area contributed by atoms with Crippen molar-refractivity contribution in [2.24, 2.45) is 0 Å². The van der Waals surface area contributed by atoms with E-state index in [-0.39, 0.29) is 12.1 Å². The molecule has 6 nitrogen and oxygen atoms in total. The Hall–Kier alpha value is -2.55. The molecule has 1 heterocycles. The molecule has 0 aliphatic carbocycles. The van der Waals surface area contributed by atoms with Gasteiger partial charge in [-0.2, -0.15) is 5.26 Å². The number of hydrogen-bond donors (Lipinski definition) is 1. The van der Waals surface area contributed by atoms with Gasteiger partial charge in [-0.1, -0.05) is 12.1 Å². The van der Waals surface area contributed by atoms with Crippen molar-refractivity contribution in [3.8, 4) is 6.07 Å². The minimum Gasteiger partial charge on any atom is -0.480 e. The van der Waals surface area contributed by atoms with E-state index in [1.165, 1.54) is 11.9 Å². The molecule has 18 heavy (non-hydrogen) atoms.